The Bertz CT molecular complexity index is 323. The normalized spacial score (nSPS) is 11.5. The van der Waals surface area contributed by atoms with Crippen molar-refractivity contribution in [3.8, 4) is 0 Å². The molecule has 2 N–H and O–H groups in total. The minimum absolute atomic E-state index is 0.234. The van der Waals surface area contributed by atoms with Gasteiger partial charge in [0, 0.05) is 19.3 Å². The predicted octanol–water partition coefficient (Wildman–Crippen LogP) is 2.14. The monoisotopic (exact) mass is 218 g/mol. The maximum atomic E-state index is 12.2. The van der Waals surface area contributed by atoms with Gasteiger partial charge in [0.25, 0.3) is 0 Å². The Hall–Kier alpha value is -1.23. The summed E-state index contributed by atoms with van der Waals surface area (Å²) in [6.45, 7) is -0.734. The van der Waals surface area contributed by atoms with Crippen molar-refractivity contribution >= 4 is 5.69 Å². The van der Waals surface area contributed by atoms with Crippen LogP contribution in [0.5, 0.6) is 0 Å². The maximum absolute atomic E-state index is 12.2. The molecule has 0 unspecified atom stereocenters. The smallest absolute Gasteiger partial charge is 0.365 e. The number of benzene rings is 1. The summed E-state index contributed by atoms with van der Waals surface area (Å²) >= 11 is 0. The van der Waals surface area contributed by atoms with Gasteiger partial charge in [0.1, 0.15) is 6.54 Å². The molecule has 0 amide bonds. The lowest BCUT2D eigenvalue weighted by atomic mass is 10.1. The molecule has 0 spiro atoms. The first-order valence-electron chi connectivity index (χ1n) is 4.50. The first kappa shape index (κ1) is 11.8. The molecule has 1 aromatic rings. The Labute approximate surface area is 86.5 Å². The molecule has 0 aliphatic carbocycles. The Balaban J connectivity index is 2.86. The van der Waals surface area contributed by atoms with E-state index in [9.17, 15) is 13.2 Å². The zero-order valence-corrected chi connectivity index (χ0v) is 8.38. The van der Waals surface area contributed by atoms with E-state index >= 15 is 0 Å². The average molecular weight is 218 g/mol. The van der Waals surface area contributed by atoms with E-state index in [4.69, 9.17) is 5.73 Å². The number of hydrogen-bond acceptors (Lipinski definition) is 2. The topological polar surface area (TPSA) is 29.3 Å². The molecule has 0 saturated carbocycles. The van der Waals surface area contributed by atoms with Gasteiger partial charge in [0.15, 0.2) is 0 Å². The second kappa shape index (κ2) is 4.53. The van der Waals surface area contributed by atoms with Crippen LogP contribution in [-0.4, -0.2) is 19.8 Å². The summed E-state index contributed by atoms with van der Waals surface area (Å²) in [4.78, 5) is 1.15. The number of alkyl halides is 3. The van der Waals surface area contributed by atoms with Crippen LogP contribution in [0.2, 0.25) is 0 Å². The van der Waals surface area contributed by atoms with Crippen LogP contribution in [-0.2, 0) is 6.54 Å². The van der Waals surface area contributed by atoms with Crippen molar-refractivity contribution in [2.24, 2.45) is 5.73 Å². The molecular formula is C10H13F3N2. The highest BCUT2D eigenvalue weighted by atomic mass is 19.4. The van der Waals surface area contributed by atoms with Crippen molar-refractivity contribution in [1.82, 2.24) is 0 Å². The third-order valence-electron chi connectivity index (χ3n) is 2.04. The van der Waals surface area contributed by atoms with Crippen LogP contribution in [0, 0.1) is 0 Å². The lowest BCUT2D eigenvalue weighted by molar-refractivity contribution is -0.119. The molecular weight excluding hydrogens is 205 g/mol. The summed E-state index contributed by atoms with van der Waals surface area (Å²) in [5, 5.41) is 0. The van der Waals surface area contributed by atoms with Crippen molar-refractivity contribution < 1.29 is 13.2 Å². The molecule has 0 atom stereocenters. The van der Waals surface area contributed by atoms with Crippen LogP contribution in [0.1, 0.15) is 5.56 Å². The van der Waals surface area contributed by atoms with Gasteiger partial charge in [-0.15, -0.1) is 0 Å². The molecule has 0 heterocycles. The molecule has 0 bridgehead atoms. The first-order valence-corrected chi connectivity index (χ1v) is 4.50. The lowest BCUT2D eigenvalue weighted by Gasteiger charge is -2.23. The van der Waals surface area contributed by atoms with Gasteiger partial charge in [-0.05, 0) is 11.6 Å². The summed E-state index contributed by atoms with van der Waals surface area (Å²) in [7, 11) is 1.40. The Morgan fingerprint density at radius 3 is 2.40 bits per heavy atom. The van der Waals surface area contributed by atoms with E-state index in [1.54, 1.807) is 24.3 Å². The Morgan fingerprint density at radius 2 is 1.87 bits per heavy atom. The minimum atomic E-state index is -4.20. The van der Waals surface area contributed by atoms with E-state index in [0.717, 1.165) is 4.90 Å². The Morgan fingerprint density at radius 1 is 1.27 bits per heavy atom. The van der Waals surface area contributed by atoms with Crippen LogP contribution in [0.4, 0.5) is 18.9 Å². The Kier molecular flexibility index (Phi) is 3.57. The molecule has 15 heavy (non-hydrogen) atoms. The number of rotatable bonds is 3. The summed E-state index contributed by atoms with van der Waals surface area (Å²) in [6.07, 6.45) is -4.20. The van der Waals surface area contributed by atoms with Gasteiger partial charge < -0.3 is 10.6 Å². The molecule has 1 aromatic carbocycles. The summed E-state index contributed by atoms with van der Waals surface area (Å²) < 4.78 is 36.5. The molecule has 0 aliphatic rings. The second-order valence-corrected chi connectivity index (χ2v) is 3.30. The van der Waals surface area contributed by atoms with E-state index in [1.807, 2.05) is 0 Å². The molecule has 0 radical (unpaired) electrons. The van der Waals surface area contributed by atoms with E-state index in [0.29, 0.717) is 11.3 Å². The van der Waals surface area contributed by atoms with Crippen LogP contribution < -0.4 is 10.6 Å². The molecule has 0 saturated heterocycles. The van der Waals surface area contributed by atoms with E-state index in [2.05, 4.69) is 0 Å². The largest absolute Gasteiger partial charge is 0.405 e. The van der Waals surface area contributed by atoms with Gasteiger partial charge >= 0.3 is 6.18 Å². The van der Waals surface area contributed by atoms with Gasteiger partial charge in [-0.25, -0.2) is 0 Å². The number of hydrogen-bond donors (Lipinski definition) is 1. The molecule has 84 valence electrons. The molecule has 5 heteroatoms. The number of nitrogens with two attached hydrogens (primary N) is 1. The van der Waals surface area contributed by atoms with Crippen LogP contribution in [0.25, 0.3) is 0 Å². The van der Waals surface area contributed by atoms with Crippen molar-refractivity contribution in [3.05, 3.63) is 29.8 Å². The number of halogens is 3. The molecule has 2 nitrogen and oxygen atoms in total. The van der Waals surface area contributed by atoms with Crippen molar-refractivity contribution in [2.45, 2.75) is 12.7 Å². The van der Waals surface area contributed by atoms with Gasteiger partial charge in [-0.1, -0.05) is 18.2 Å². The minimum Gasteiger partial charge on any atom is -0.365 e. The van der Waals surface area contributed by atoms with E-state index in [-0.39, 0.29) is 6.54 Å². The second-order valence-electron chi connectivity index (χ2n) is 3.30. The zero-order valence-electron chi connectivity index (χ0n) is 8.38. The van der Waals surface area contributed by atoms with Gasteiger partial charge in [-0.2, -0.15) is 13.2 Å². The van der Waals surface area contributed by atoms with Gasteiger partial charge in [0.05, 0.1) is 0 Å². The van der Waals surface area contributed by atoms with Crippen molar-refractivity contribution in [3.63, 3.8) is 0 Å². The third kappa shape index (κ3) is 3.43. The molecule has 0 fully saturated rings. The lowest BCUT2D eigenvalue weighted by Crippen LogP contribution is -2.31. The quantitative estimate of drug-likeness (QED) is 0.842. The van der Waals surface area contributed by atoms with E-state index < -0.39 is 12.7 Å². The highest BCUT2D eigenvalue weighted by Gasteiger charge is 2.29. The van der Waals surface area contributed by atoms with Gasteiger partial charge in [-0.3, -0.25) is 0 Å². The average Bonchev–Trinajstić information content (AvgIpc) is 2.15. The number of para-hydroxylation sites is 1. The first-order chi connectivity index (χ1) is 6.94. The fourth-order valence-electron chi connectivity index (χ4n) is 1.41. The zero-order chi connectivity index (χ0) is 11.5. The fourth-order valence-corrected chi connectivity index (χ4v) is 1.41. The van der Waals surface area contributed by atoms with Crippen molar-refractivity contribution in [1.29, 1.82) is 0 Å². The van der Waals surface area contributed by atoms with Crippen LogP contribution >= 0.6 is 0 Å². The standard InChI is InChI=1S/C10H13F3N2/c1-15(7-10(11,12)13)9-5-3-2-4-8(9)6-14/h2-5H,6-7,14H2,1H3. The summed E-state index contributed by atoms with van der Waals surface area (Å²) in [5.41, 5.74) is 6.68. The molecule has 1 rings (SSSR count). The summed E-state index contributed by atoms with van der Waals surface area (Å²) in [6, 6.07) is 6.81. The molecule has 0 aliphatic heterocycles. The van der Waals surface area contributed by atoms with Crippen LogP contribution in [0.3, 0.4) is 0 Å². The predicted molar refractivity (Wildman–Crippen MR) is 53.7 cm³/mol. The maximum Gasteiger partial charge on any atom is 0.405 e. The fraction of sp³-hybridized carbons (Fsp3) is 0.400. The van der Waals surface area contributed by atoms with E-state index in [1.165, 1.54) is 7.05 Å². The molecule has 0 aromatic heterocycles. The summed E-state index contributed by atoms with van der Waals surface area (Å²) in [5.74, 6) is 0. The van der Waals surface area contributed by atoms with Gasteiger partial charge in [0.2, 0.25) is 0 Å². The highest BCUT2D eigenvalue weighted by Crippen LogP contribution is 2.23. The number of nitrogens with zero attached hydrogens (tertiary/aromatic N) is 1. The highest BCUT2D eigenvalue weighted by molar-refractivity contribution is 5.53. The van der Waals surface area contributed by atoms with Crippen LogP contribution in [0.15, 0.2) is 24.3 Å². The SMILES string of the molecule is CN(CC(F)(F)F)c1ccccc1CN. The van der Waals surface area contributed by atoms with Crippen molar-refractivity contribution in [2.75, 3.05) is 18.5 Å². The third-order valence-corrected chi connectivity index (χ3v) is 2.04. The number of anilines is 1.